The first kappa shape index (κ1) is 23.6. The first-order valence-electron chi connectivity index (χ1n) is 13.2. The number of nitrogens with zero attached hydrogens (tertiary/aromatic N) is 2. The van der Waals surface area contributed by atoms with Gasteiger partial charge in [0.15, 0.2) is 0 Å². The summed E-state index contributed by atoms with van der Waals surface area (Å²) in [4.78, 5) is 41.3. The number of amides is 3. The summed E-state index contributed by atoms with van der Waals surface area (Å²) in [6.07, 6.45) is 2.72. The highest BCUT2D eigenvalue weighted by atomic mass is 16.2. The molecule has 0 saturated carbocycles. The Morgan fingerprint density at radius 1 is 0.811 bits per heavy atom. The van der Waals surface area contributed by atoms with E-state index < -0.39 is 6.04 Å². The maximum Gasteiger partial charge on any atom is 0.255 e. The Hall–Kier alpha value is -3.77. The van der Waals surface area contributed by atoms with Crippen LogP contribution in [0.5, 0.6) is 0 Å². The molecule has 6 rings (SSSR count). The van der Waals surface area contributed by atoms with Gasteiger partial charge in [-0.25, -0.2) is 0 Å². The summed E-state index contributed by atoms with van der Waals surface area (Å²) >= 11 is 0. The normalized spacial score (nSPS) is 24.2. The molecule has 3 aliphatic heterocycles. The van der Waals surface area contributed by atoms with Gasteiger partial charge in [-0.3, -0.25) is 24.6 Å². The summed E-state index contributed by atoms with van der Waals surface area (Å²) in [6.45, 7) is 2.34. The molecule has 6 nitrogen and oxygen atoms in total. The number of carbonyl (C=O) groups excluding carboxylic acids is 3. The Kier molecular flexibility index (Phi) is 6.35. The molecule has 0 radical (unpaired) electrons. The van der Waals surface area contributed by atoms with Crippen molar-refractivity contribution in [2.45, 2.75) is 56.8 Å². The minimum absolute atomic E-state index is 0.115. The number of fused-ring (bicyclic) bond motifs is 1. The summed E-state index contributed by atoms with van der Waals surface area (Å²) < 4.78 is 0. The molecule has 3 aromatic rings. The van der Waals surface area contributed by atoms with Crippen LogP contribution >= 0.6 is 0 Å². The molecule has 2 saturated heterocycles. The minimum Gasteiger partial charge on any atom is -0.322 e. The summed E-state index contributed by atoms with van der Waals surface area (Å²) in [5.74, 6) is -0.355. The number of piperidine rings is 2. The monoisotopic (exact) mass is 493 g/mol. The van der Waals surface area contributed by atoms with Crippen molar-refractivity contribution >= 4 is 17.7 Å². The van der Waals surface area contributed by atoms with Crippen LogP contribution in [0.4, 0.5) is 0 Å². The smallest absolute Gasteiger partial charge is 0.255 e. The van der Waals surface area contributed by atoms with Crippen LogP contribution in [0.3, 0.4) is 0 Å². The van der Waals surface area contributed by atoms with Crippen molar-refractivity contribution in [3.63, 3.8) is 0 Å². The fourth-order valence-electron chi connectivity index (χ4n) is 6.19. The molecule has 2 fully saturated rings. The van der Waals surface area contributed by atoms with E-state index in [4.69, 9.17) is 0 Å². The maximum absolute atomic E-state index is 13.1. The van der Waals surface area contributed by atoms with Gasteiger partial charge in [-0.15, -0.1) is 0 Å². The highest BCUT2D eigenvalue weighted by Crippen LogP contribution is 2.41. The standard InChI is InChI=1S/C31H31N3O3/c35-29-14-13-27(30(36)32-29)34-20-25-17-23(11-12-26(25)31(34)37)24-15-16-33(19-21-7-3-1-4-8-21)28(18-24)22-9-5-2-6-10-22/h1-12,17,24,27-28H,13-16,18-20H2,(H,32,35,36). The SMILES string of the molecule is O=C1CCC(N2Cc3cc(C4CCN(Cc5ccccc5)C(c5ccccc5)C4)ccc3C2=O)C(=O)N1. The maximum atomic E-state index is 13.1. The molecule has 188 valence electrons. The van der Waals surface area contributed by atoms with Crippen molar-refractivity contribution in [2.24, 2.45) is 0 Å². The van der Waals surface area contributed by atoms with Gasteiger partial charge >= 0.3 is 0 Å². The summed E-state index contributed by atoms with van der Waals surface area (Å²) in [5, 5.41) is 2.38. The zero-order valence-electron chi connectivity index (χ0n) is 20.8. The first-order chi connectivity index (χ1) is 18.1. The Balaban J connectivity index is 1.22. The third-order valence-corrected chi connectivity index (χ3v) is 8.15. The van der Waals surface area contributed by atoms with Gasteiger partial charge in [0.2, 0.25) is 11.8 Å². The van der Waals surface area contributed by atoms with Gasteiger partial charge in [0, 0.05) is 31.1 Å². The number of imide groups is 1. The van der Waals surface area contributed by atoms with Crippen LogP contribution in [0.1, 0.15) is 70.3 Å². The summed E-state index contributed by atoms with van der Waals surface area (Å²) in [7, 11) is 0. The molecular weight excluding hydrogens is 462 g/mol. The summed E-state index contributed by atoms with van der Waals surface area (Å²) in [5.41, 5.74) is 5.58. The van der Waals surface area contributed by atoms with Crippen molar-refractivity contribution in [2.75, 3.05) is 6.54 Å². The first-order valence-corrected chi connectivity index (χ1v) is 13.2. The topological polar surface area (TPSA) is 69.7 Å². The third-order valence-electron chi connectivity index (χ3n) is 8.15. The van der Waals surface area contributed by atoms with E-state index in [0.717, 1.165) is 31.5 Å². The van der Waals surface area contributed by atoms with Crippen LogP contribution in [-0.2, 0) is 22.7 Å². The number of benzene rings is 3. The predicted molar refractivity (Wildman–Crippen MR) is 140 cm³/mol. The fraction of sp³-hybridized carbons (Fsp3) is 0.323. The zero-order valence-corrected chi connectivity index (χ0v) is 20.8. The zero-order chi connectivity index (χ0) is 25.4. The number of hydrogen-bond acceptors (Lipinski definition) is 4. The predicted octanol–water partition coefficient (Wildman–Crippen LogP) is 4.57. The van der Waals surface area contributed by atoms with Crippen molar-refractivity contribution in [1.82, 2.24) is 15.1 Å². The lowest BCUT2D eigenvalue weighted by molar-refractivity contribution is -0.136. The lowest BCUT2D eigenvalue weighted by Gasteiger charge is -2.40. The quantitative estimate of drug-likeness (QED) is 0.529. The van der Waals surface area contributed by atoms with Crippen LogP contribution in [0.25, 0.3) is 0 Å². The van der Waals surface area contributed by atoms with Crippen LogP contribution in [-0.4, -0.2) is 40.1 Å². The minimum atomic E-state index is -0.579. The van der Waals surface area contributed by atoms with Gasteiger partial charge in [-0.1, -0.05) is 72.8 Å². The molecule has 0 aromatic heterocycles. The number of carbonyl (C=O) groups is 3. The number of hydrogen-bond donors (Lipinski definition) is 1. The Bertz CT molecular complexity index is 1320. The molecule has 3 amide bonds. The molecule has 3 unspecified atom stereocenters. The van der Waals surface area contributed by atoms with Gasteiger partial charge < -0.3 is 4.90 Å². The number of nitrogens with one attached hydrogen (secondary N) is 1. The summed E-state index contributed by atoms with van der Waals surface area (Å²) in [6, 6.07) is 27.4. The van der Waals surface area contributed by atoms with Crippen molar-refractivity contribution in [3.05, 3.63) is 107 Å². The molecule has 3 aromatic carbocycles. The molecule has 3 heterocycles. The highest BCUT2D eigenvalue weighted by molar-refractivity contribution is 6.05. The van der Waals surface area contributed by atoms with Crippen LogP contribution in [0.15, 0.2) is 78.9 Å². The van der Waals surface area contributed by atoms with Crippen LogP contribution < -0.4 is 5.32 Å². The van der Waals surface area contributed by atoms with E-state index in [1.54, 1.807) is 4.90 Å². The lowest BCUT2D eigenvalue weighted by Crippen LogP contribution is -2.52. The number of likely N-dealkylation sites (tertiary alicyclic amines) is 1. The van der Waals surface area contributed by atoms with E-state index in [0.29, 0.717) is 30.5 Å². The van der Waals surface area contributed by atoms with E-state index in [-0.39, 0.29) is 24.1 Å². The molecule has 6 heteroatoms. The van der Waals surface area contributed by atoms with Gasteiger partial charge in [0.1, 0.15) is 6.04 Å². The highest BCUT2D eigenvalue weighted by Gasteiger charge is 2.39. The molecule has 37 heavy (non-hydrogen) atoms. The lowest BCUT2D eigenvalue weighted by atomic mass is 9.82. The second-order valence-electron chi connectivity index (χ2n) is 10.4. The molecule has 3 aliphatic rings. The Labute approximate surface area is 217 Å². The largest absolute Gasteiger partial charge is 0.322 e. The second-order valence-corrected chi connectivity index (χ2v) is 10.4. The number of rotatable bonds is 5. The molecule has 0 aliphatic carbocycles. The molecule has 3 atom stereocenters. The van der Waals surface area contributed by atoms with Crippen LogP contribution in [0.2, 0.25) is 0 Å². The van der Waals surface area contributed by atoms with E-state index in [9.17, 15) is 14.4 Å². The van der Waals surface area contributed by atoms with E-state index in [2.05, 4.69) is 83.0 Å². The Morgan fingerprint density at radius 2 is 1.57 bits per heavy atom. The van der Waals surface area contributed by atoms with Gasteiger partial charge in [-0.05, 0) is 60.0 Å². The van der Waals surface area contributed by atoms with Gasteiger partial charge in [0.25, 0.3) is 5.91 Å². The van der Waals surface area contributed by atoms with E-state index in [1.807, 2.05) is 6.07 Å². The second kappa shape index (κ2) is 9.94. The van der Waals surface area contributed by atoms with Crippen molar-refractivity contribution in [1.29, 1.82) is 0 Å². The van der Waals surface area contributed by atoms with Crippen LogP contribution in [0, 0.1) is 0 Å². The van der Waals surface area contributed by atoms with E-state index >= 15 is 0 Å². The third kappa shape index (κ3) is 4.69. The average molecular weight is 494 g/mol. The van der Waals surface area contributed by atoms with Crippen molar-refractivity contribution in [3.8, 4) is 0 Å². The molecule has 1 N–H and O–H groups in total. The van der Waals surface area contributed by atoms with Crippen molar-refractivity contribution < 1.29 is 14.4 Å². The molecule has 0 bridgehead atoms. The molecule has 0 spiro atoms. The Morgan fingerprint density at radius 3 is 2.32 bits per heavy atom. The van der Waals surface area contributed by atoms with Gasteiger partial charge in [0.05, 0.1) is 0 Å². The molecular formula is C31H31N3O3. The van der Waals surface area contributed by atoms with Gasteiger partial charge in [-0.2, -0.15) is 0 Å². The fourth-order valence-corrected chi connectivity index (χ4v) is 6.19. The van der Waals surface area contributed by atoms with E-state index in [1.165, 1.54) is 16.7 Å². The average Bonchev–Trinajstić information content (AvgIpc) is 3.25.